The molecule has 0 radical (unpaired) electrons. The van der Waals surface area contributed by atoms with Crippen molar-refractivity contribution in [3.8, 4) is 0 Å². The molecule has 4 nitrogen and oxygen atoms in total. The van der Waals surface area contributed by atoms with Gasteiger partial charge in [-0.3, -0.25) is 4.79 Å². The predicted octanol–water partition coefficient (Wildman–Crippen LogP) is 3.37. The molecule has 0 atom stereocenters. The largest absolute Gasteiger partial charge is 0.351 e. The average molecular weight is 281 g/mol. The van der Waals surface area contributed by atoms with Crippen LogP contribution in [0.25, 0.3) is 0 Å². The summed E-state index contributed by atoms with van der Waals surface area (Å²) in [6, 6.07) is 11.7. The van der Waals surface area contributed by atoms with Crippen LogP contribution in [0.5, 0.6) is 0 Å². The van der Waals surface area contributed by atoms with Crippen LogP contribution in [0.1, 0.15) is 47.6 Å². The van der Waals surface area contributed by atoms with Gasteiger partial charge in [-0.2, -0.15) is 5.10 Å². The highest BCUT2D eigenvalue weighted by Gasteiger charge is 2.15. The maximum atomic E-state index is 11.8. The summed E-state index contributed by atoms with van der Waals surface area (Å²) in [6.07, 6.45) is 11.0. The number of aromatic nitrogens is 1. The first kappa shape index (κ1) is 13.6. The maximum absolute atomic E-state index is 11.8. The topological polar surface area (TPSA) is 46.4 Å². The van der Waals surface area contributed by atoms with Crippen molar-refractivity contribution in [3.63, 3.8) is 0 Å². The van der Waals surface area contributed by atoms with E-state index in [1.165, 1.54) is 25.7 Å². The van der Waals surface area contributed by atoms with Gasteiger partial charge in [-0.25, -0.2) is 5.43 Å². The molecule has 0 aliphatic heterocycles. The van der Waals surface area contributed by atoms with E-state index in [0.717, 1.165) is 5.56 Å². The highest BCUT2D eigenvalue weighted by molar-refractivity contribution is 5.94. The predicted molar refractivity (Wildman–Crippen MR) is 83.4 cm³/mol. The minimum Gasteiger partial charge on any atom is -0.351 e. The Morgan fingerprint density at radius 1 is 1.19 bits per heavy atom. The molecule has 1 amide bonds. The fraction of sp³-hybridized carbons (Fsp3) is 0.294. The molecule has 1 saturated carbocycles. The standard InChI is InChI=1S/C17H19N3O/c21-17(15-6-2-1-3-7-15)19-18-12-14-10-11-20(13-14)16-8-4-5-9-16/h1-3,6-7,10-13,16H,4-5,8-9H2,(H,19,21)/b18-12-. The molecule has 1 aromatic heterocycles. The Morgan fingerprint density at radius 2 is 1.95 bits per heavy atom. The lowest BCUT2D eigenvalue weighted by molar-refractivity contribution is 0.0955. The first-order chi connectivity index (χ1) is 10.3. The molecule has 1 aliphatic rings. The zero-order chi connectivity index (χ0) is 14.5. The number of nitrogens with zero attached hydrogens (tertiary/aromatic N) is 2. The van der Waals surface area contributed by atoms with Crippen LogP contribution < -0.4 is 5.43 Å². The first-order valence-corrected chi connectivity index (χ1v) is 7.39. The number of carbonyl (C=O) groups is 1. The van der Waals surface area contributed by atoms with Crippen molar-refractivity contribution in [1.29, 1.82) is 0 Å². The zero-order valence-corrected chi connectivity index (χ0v) is 11.9. The highest BCUT2D eigenvalue weighted by Crippen LogP contribution is 2.29. The molecule has 0 unspecified atom stereocenters. The summed E-state index contributed by atoms with van der Waals surface area (Å²) in [5.41, 5.74) is 4.17. The van der Waals surface area contributed by atoms with Crippen LogP contribution in [-0.2, 0) is 0 Å². The van der Waals surface area contributed by atoms with E-state index in [-0.39, 0.29) is 5.91 Å². The normalized spacial score (nSPS) is 15.6. The van der Waals surface area contributed by atoms with Gasteiger partial charge < -0.3 is 4.57 Å². The molecule has 4 heteroatoms. The molecular formula is C17H19N3O. The molecule has 3 rings (SSSR count). The quantitative estimate of drug-likeness (QED) is 0.678. The molecule has 2 aromatic rings. The molecule has 1 heterocycles. The smallest absolute Gasteiger partial charge is 0.271 e. The van der Waals surface area contributed by atoms with Crippen LogP contribution >= 0.6 is 0 Å². The first-order valence-electron chi connectivity index (χ1n) is 7.39. The van der Waals surface area contributed by atoms with Crippen molar-refractivity contribution in [2.24, 2.45) is 5.10 Å². The zero-order valence-electron chi connectivity index (χ0n) is 11.9. The van der Waals surface area contributed by atoms with Crippen LogP contribution in [-0.4, -0.2) is 16.7 Å². The number of rotatable bonds is 4. The van der Waals surface area contributed by atoms with E-state index in [0.29, 0.717) is 11.6 Å². The molecule has 0 saturated heterocycles. The van der Waals surface area contributed by atoms with Gasteiger partial charge >= 0.3 is 0 Å². The Bertz CT molecular complexity index is 624. The second kappa shape index (κ2) is 6.39. The van der Waals surface area contributed by atoms with Gasteiger partial charge in [-0.05, 0) is 31.0 Å². The van der Waals surface area contributed by atoms with Crippen molar-refractivity contribution in [2.45, 2.75) is 31.7 Å². The van der Waals surface area contributed by atoms with Gasteiger partial charge in [0.15, 0.2) is 0 Å². The minimum atomic E-state index is -0.193. The van der Waals surface area contributed by atoms with Gasteiger partial charge in [0.05, 0.1) is 6.21 Å². The summed E-state index contributed by atoms with van der Waals surface area (Å²) in [4.78, 5) is 11.8. The lowest BCUT2D eigenvalue weighted by Crippen LogP contribution is -2.17. The van der Waals surface area contributed by atoms with Gasteiger partial charge in [0, 0.05) is 29.6 Å². The number of amides is 1. The van der Waals surface area contributed by atoms with Crippen LogP contribution in [0, 0.1) is 0 Å². The Hall–Kier alpha value is -2.36. The van der Waals surface area contributed by atoms with Crippen LogP contribution in [0.2, 0.25) is 0 Å². The summed E-state index contributed by atoms with van der Waals surface area (Å²) in [6.45, 7) is 0. The lowest BCUT2D eigenvalue weighted by atomic mass is 10.2. The summed E-state index contributed by atoms with van der Waals surface area (Å²) in [5.74, 6) is -0.193. The van der Waals surface area contributed by atoms with Crippen molar-refractivity contribution < 1.29 is 4.79 Å². The molecule has 0 bridgehead atoms. The van der Waals surface area contributed by atoms with E-state index in [4.69, 9.17) is 0 Å². The Kier molecular flexibility index (Phi) is 4.15. The SMILES string of the molecule is O=C(N/N=C\c1ccn(C2CCCC2)c1)c1ccccc1. The summed E-state index contributed by atoms with van der Waals surface area (Å²) in [5, 5.41) is 4.02. The summed E-state index contributed by atoms with van der Waals surface area (Å²) < 4.78 is 2.26. The van der Waals surface area contributed by atoms with Gasteiger partial charge in [0.25, 0.3) is 5.91 Å². The minimum absolute atomic E-state index is 0.193. The van der Waals surface area contributed by atoms with Crippen molar-refractivity contribution in [1.82, 2.24) is 9.99 Å². The number of benzene rings is 1. The molecule has 1 aromatic carbocycles. The molecule has 1 aliphatic carbocycles. The molecule has 108 valence electrons. The second-order valence-electron chi connectivity index (χ2n) is 5.40. The molecule has 21 heavy (non-hydrogen) atoms. The average Bonchev–Trinajstić information content (AvgIpc) is 3.19. The van der Waals surface area contributed by atoms with E-state index < -0.39 is 0 Å². The van der Waals surface area contributed by atoms with Gasteiger partial charge in [-0.1, -0.05) is 31.0 Å². The van der Waals surface area contributed by atoms with Crippen molar-refractivity contribution >= 4 is 12.1 Å². The van der Waals surface area contributed by atoms with E-state index in [2.05, 4.69) is 27.5 Å². The van der Waals surface area contributed by atoms with Gasteiger partial charge in [0.2, 0.25) is 0 Å². The number of nitrogens with one attached hydrogen (secondary N) is 1. The lowest BCUT2D eigenvalue weighted by Gasteiger charge is -2.10. The molecule has 1 fully saturated rings. The molecular weight excluding hydrogens is 262 g/mol. The monoisotopic (exact) mass is 281 g/mol. The second-order valence-corrected chi connectivity index (χ2v) is 5.40. The third kappa shape index (κ3) is 3.40. The number of hydrogen-bond acceptors (Lipinski definition) is 2. The number of carbonyl (C=O) groups excluding carboxylic acids is 1. The number of hydrogen-bond donors (Lipinski definition) is 1. The van der Waals surface area contributed by atoms with E-state index in [1.807, 2.05) is 24.3 Å². The van der Waals surface area contributed by atoms with Crippen LogP contribution in [0.15, 0.2) is 53.9 Å². The van der Waals surface area contributed by atoms with Crippen LogP contribution in [0.4, 0.5) is 0 Å². The Labute approximate surface area is 124 Å². The van der Waals surface area contributed by atoms with E-state index in [1.54, 1.807) is 18.3 Å². The maximum Gasteiger partial charge on any atom is 0.271 e. The Balaban J connectivity index is 1.58. The molecule has 0 spiro atoms. The fourth-order valence-corrected chi connectivity index (χ4v) is 2.76. The summed E-state index contributed by atoms with van der Waals surface area (Å²) in [7, 11) is 0. The fourth-order valence-electron chi connectivity index (χ4n) is 2.76. The van der Waals surface area contributed by atoms with Crippen LogP contribution in [0.3, 0.4) is 0 Å². The van der Waals surface area contributed by atoms with Crippen molar-refractivity contribution in [2.75, 3.05) is 0 Å². The van der Waals surface area contributed by atoms with Gasteiger partial charge in [0.1, 0.15) is 0 Å². The van der Waals surface area contributed by atoms with Crippen molar-refractivity contribution in [3.05, 3.63) is 59.9 Å². The van der Waals surface area contributed by atoms with E-state index in [9.17, 15) is 4.79 Å². The molecule has 1 N–H and O–H groups in total. The third-order valence-electron chi connectivity index (χ3n) is 3.90. The number of hydrazone groups is 1. The summed E-state index contributed by atoms with van der Waals surface area (Å²) >= 11 is 0. The third-order valence-corrected chi connectivity index (χ3v) is 3.90. The van der Waals surface area contributed by atoms with E-state index >= 15 is 0 Å². The highest BCUT2D eigenvalue weighted by atomic mass is 16.2. The Morgan fingerprint density at radius 3 is 2.71 bits per heavy atom. The van der Waals surface area contributed by atoms with Gasteiger partial charge in [-0.15, -0.1) is 0 Å².